The van der Waals surface area contributed by atoms with Crippen LogP contribution in [0.3, 0.4) is 0 Å². The lowest BCUT2D eigenvalue weighted by Crippen LogP contribution is -2.05. The number of halogens is 1. The smallest absolute Gasteiger partial charge is 0.122 e. The van der Waals surface area contributed by atoms with E-state index in [0.29, 0.717) is 5.92 Å². The van der Waals surface area contributed by atoms with E-state index in [2.05, 4.69) is 22.3 Å². The molecule has 0 amide bonds. The summed E-state index contributed by atoms with van der Waals surface area (Å²) in [6.45, 7) is 4.13. The molecule has 1 heterocycles. The molecule has 2 rings (SSSR count). The molecule has 5 heteroatoms. The molecule has 0 fully saturated rings. The van der Waals surface area contributed by atoms with Gasteiger partial charge in [-0.25, -0.2) is 0 Å². The van der Waals surface area contributed by atoms with E-state index in [1.165, 1.54) is 0 Å². The third-order valence-electron chi connectivity index (χ3n) is 3.36. The lowest BCUT2D eigenvalue weighted by Gasteiger charge is -2.18. The molecule has 1 atom stereocenters. The van der Waals surface area contributed by atoms with Crippen molar-refractivity contribution in [3.05, 3.63) is 40.2 Å². The maximum absolute atomic E-state index is 6.24. The molecule has 0 aliphatic carbocycles. The van der Waals surface area contributed by atoms with Crippen molar-refractivity contribution in [3.8, 4) is 5.75 Å². The Labute approximate surface area is 118 Å². The third kappa shape index (κ3) is 3.07. The van der Waals surface area contributed by atoms with Gasteiger partial charge in [0.15, 0.2) is 0 Å². The van der Waals surface area contributed by atoms with Crippen LogP contribution >= 0.6 is 11.6 Å². The van der Waals surface area contributed by atoms with Crippen molar-refractivity contribution < 1.29 is 4.74 Å². The van der Waals surface area contributed by atoms with Crippen LogP contribution in [0.25, 0.3) is 0 Å². The number of methoxy groups -OCH3 is 1. The maximum Gasteiger partial charge on any atom is 0.122 e. The summed E-state index contributed by atoms with van der Waals surface area (Å²) in [7, 11) is 1.69. The SMILES string of the molecule is CCC(Cc1cn[nH]n1)c1cc(Cl)c(C)cc1OC. The summed E-state index contributed by atoms with van der Waals surface area (Å²) >= 11 is 6.24. The molecule has 19 heavy (non-hydrogen) atoms. The normalized spacial score (nSPS) is 12.4. The molecule has 0 spiro atoms. The van der Waals surface area contributed by atoms with Gasteiger partial charge in [-0.05, 0) is 42.5 Å². The van der Waals surface area contributed by atoms with E-state index in [-0.39, 0.29) is 0 Å². The van der Waals surface area contributed by atoms with Crippen LogP contribution in [-0.4, -0.2) is 22.5 Å². The predicted octanol–water partition coefficient (Wildman–Crippen LogP) is 3.51. The monoisotopic (exact) mass is 279 g/mol. The highest BCUT2D eigenvalue weighted by molar-refractivity contribution is 6.31. The van der Waals surface area contributed by atoms with Crippen LogP contribution in [0.5, 0.6) is 5.75 Å². The Kier molecular flexibility index (Phi) is 4.43. The van der Waals surface area contributed by atoms with Crippen molar-refractivity contribution in [2.45, 2.75) is 32.6 Å². The molecular formula is C14H18ClN3O. The molecule has 1 aromatic heterocycles. The molecule has 0 aliphatic rings. The number of rotatable bonds is 5. The second kappa shape index (κ2) is 6.06. The van der Waals surface area contributed by atoms with E-state index in [9.17, 15) is 0 Å². The Morgan fingerprint density at radius 1 is 1.42 bits per heavy atom. The van der Waals surface area contributed by atoms with Gasteiger partial charge in [-0.3, -0.25) is 0 Å². The molecule has 0 bridgehead atoms. The Hall–Kier alpha value is -1.55. The van der Waals surface area contributed by atoms with Gasteiger partial charge in [-0.2, -0.15) is 15.4 Å². The first-order chi connectivity index (χ1) is 9.15. The first kappa shape index (κ1) is 13.9. The molecular weight excluding hydrogens is 262 g/mol. The summed E-state index contributed by atoms with van der Waals surface area (Å²) in [6, 6.07) is 3.99. The van der Waals surface area contributed by atoms with Crippen molar-refractivity contribution in [1.29, 1.82) is 0 Å². The fourth-order valence-electron chi connectivity index (χ4n) is 2.22. The molecule has 0 saturated heterocycles. The maximum atomic E-state index is 6.24. The van der Waals surface area contributed by atoms with Crippen LogP contribution in [0.4, 0.5) is 0 Å². The molecule has 1 N–H and O–H groups in total. The van der Waals surface area contributed by atoms with Gasteiger partial charge >= 0.3 is 0 Å². The Balaban J connectivity index is 2.34. The van der Waals surface area contributed by atoms with E-state index < -0.39 is 0 Å². The summed E-state index contributed by atoms with van der Waals surface area (Å²) in [4.78, 5) is 0. The third-order valence-corrected chi connectivity index (χ3v) is 3.77. The molecule has 4 nitrogen and oxygen atoms in total. The lowest BCUT2D eigenvalue weighted by molar-refractivity contribution is 0.403. The molecule has 1 aromatic carbocycles. The van der Waals surface area contributed by atoms with Crippen molar-refractivity contribution in [2.24, 2.45) is 0 Å². The second-order valence-corrected chi connectivity index (χ2v) is 5.02. The van der Waals surface area contributed by atoms with E-state index in [0.717, 1.165) is 40.4 Å². The predicted molar refractivity (Wildman–Crippen MR) is 75.9 cm³/mol. The van der Waals surface area contributed by atoms with Gasteiger partial charge in [0.05, 0.1) is 19.0 Å². The van der Waals surface area contributed by atoms with E-state index in [1.807, 2.05) is 19.1 Å². The van der Waals surface area contributed by atoms with Crippen molar-refractivity contribution in [3.63, 3.8) is 0 Å². The van der Waals surface area contributed by atoms with Crippen molar-refractivity contribution >= 4 is 11.6 Å². The fourth-order valence-corrected chi connectivity index (χ4v) is 2.39. The van der Waals surface area contributed by atoms with Gasteiger partial charge in [-0.1, -0.05) is 18.5 Å². The molecule has 102 valence electrons. The average Bonchev–Trinajstić information content (AvgIpc) is 2.91. The Bertz CT molecular complexity index is 540. The lowest BCUT2D eigenvalue weighted by atomic mass is 9.90. The highest BCUT2D eigenvalue weighted by atomic mass is 35.5. The molecule has 0 radical (unpaired) electrons. The zero-order valence-electron chi connectivity index (χ0n) is 11.4. The number of benzene rings is 1. The number of aromatic amines is 1. The minimum atomic E-state index is 0.318. The molecule has 1 unspecified atom stereocenters. The zero-order chi connectivity index (χ0) is 13.8. The van der Waals surface area contributed by atoms with E-state index in [1.54, 1.807) is 13.3 Å². The summed E-state index contributed by atoms with van der Waals surface area (Å²) in [5.41, 5.74) is 3.10. The van der Waals surface area contributed by atoms with Crippen molar-refractivity contribution in [2.75, 3.05) is 7.11 Å². The summed E-state index contributed by atoms with van der Waals surface area (Å²) in [6.07, 6.45) is 3.57. The topological polar surface area (TPSA) is 50.8 Å². The number of nitrogens with one attached hydrogen (secondary N) is 1. The van der Waals surface area contributed by atoms with Gasteiger partial charge in [0.2, 0.25) is 0 Å². The first-order valence-electron chi connectivity index (χ1n) is 6.34. The van der Waals surface area contributed by atoms with Gasteiger partial charge < -0.3 is 4.74 Å². The number of aromatic nitrogens is 3. The van der Waals surface area contributed by atoms with Crippen LogP contribution in [0.2, 0.25) is 5.02 Å². The van der Waals surface area contributed by atoms with Crippen LogP contribution in [-0.2, 0) is 6.42 Å². The van der Waals surface area contributed by atoms with Gasteiger partial charge in [-0.15, -0.1) is 0 Å². The average molecular weight is 280 g/mol. The minimum absolute atomic E-state index is 0.318. The zero-order valence-corrected chi connectivity index (χ0v) is 12.2. The fraction of sp³-hybridized carbons (Fsp3) is 0.429. The van der Waals surface area contributed by atoms with Crippen LogP contribution in [0.1, 0.15) is 36.1 Å². The number of hydrogen-bond acceptors (Lipinski definition) is 3. The summed E-state index contributed by atoms with van der Waals surface area (Å²) < 4.78 is 5.48. The van der Waals surface area contributed by atoms with E-state index >= 15 is 0 Å². The standard InChI is InChI=1S/C14H18ClN3O/c1-4-10(6-11-8-16-18-17-11)12-7-13(15)9(2)5-14(12)19-3/h5,7-8,10H,4,6H2,1-3H3,(H,16,17,18). The number of H-pyrrole nitrogens is 1. The molecule has 0 saturated carbocycles. The van der Waals surface area contributed by atoms with Crippen LogP contribution in [0.15, 0.2) is 18.3 Å². The van der Waals surface area contributed by atoms with Gasteiger partial charge in [0, 0.05) is 11.4 Å². The van der Waals surface area contributed by atoms with Crippen molar-refractivity contribution in [1.82, 2.24) is 15.4 Å². The second-order valence-electron chi connectivity index (χ2n) is 4.61. The highest BCUT2D eigenvalue weighted by Crippen LogP contribution is 2.35. The number of nitrogens with zero attached hydrogens (tertiary/aromatic N) is 2. The largest absolute Gasteiger partial charge is 0.496 e. The van der Waals surface area contributed by atoms with Crippen LogP contribution < -0.4 is 4.74 Å². The Morgan fingerprint density at radius 2 is 2.21 bits per heavy atom. The number of aryl methyl sites for hydroxylation is 1. The number of ether oxygens (including phenoxy) is 1. The van der Waals surface area contributed by atoms with E-state index in [4.69, 9.17) is 16.3 Å². The summed E-state index contributed by atoms with van der Waals surface area (Å²) in [5, 5.41) is 11.4. The van der Waals surface area contributed by atoms with Gasteiger partial charge in [0.25, 0.3) is 0 Å². The Morgan fingerprint density at radius 3 is 2.79 bits per heavy atom. The molecule has 2 aromatic rings. The quantitative estimate of drug-likeness (QED) is 0.911. The highest BCUT2D eigenvalue weighted by Gasteiger charge is 2.18. The number of hydrogen-bond donors (Lipinski definition) is 1. The molecule has 0 aliphatic heterocycles. The van der Waals surface area contributed by atoms with Gasteiger partial charge in [0.1, 0.15) is 5.75 Å². The first-order valence-corrected chi connectivity index (χ1v) is 6.72. The minimum Gasteiger partial charge on any atom is -0.496 e. The summed E-state index contributed by atoms with van der Waals surface area (Å²) in [5.74, 6) is 1.20. The van der Waals surface area contributed by atoms with Crippen LogP contribution in [0, 0.1) is 6.92 Å².